The van der Waals surface area contributed by atoms with E-state index in [-0.39, 0.29) is 31.3 Å². The fourth-order valence-electron chi connectivity index (χ4n) is 4.44. The van der Waals surface area contributed by atoms with Gasteiger partial charge in [0.2, 0.25) is 11.8 Å². The summed E-state index contributed by atoms with van der Waals surface area (Å²) in [5, 5.41) is 3.45. The van der Waals surface area contributed by atoms with Crippen molar-refractivity contribution in [2.45, 2.75) is 38.2 Å². The minimum atomic E-state index is -4.60. The van der Waals surface area contributed by atoms with Crippen molar-refractivity contribution in [3.63, 3.8) is 0 Å². The number of aromatic nitrogens is 2. The van der Waals surface area contributed by atoms with Gasteiger partial charge in [0.05, 0.1) is 0 Å². The van der Waals surface area contributed by atoms with Gasteiger partial charge in [-0.2, -0.15) is 18.3 Å². The smallest absolute Gasteiger partial charge is 0.435 e. The van der Waals surface area contributed by atoms with Crippen LogP contribution in [0.2, 0.25) is 0 Å². The molecule has 7 nitrogen and oxygen atoms in total. The Balaban J connectivity index is 1.44. The molecule has 2 atom stereocenters. The largest absolute Gasteiger partial charge is 0.490 e. The highest BCUT2D eigenvalue weighted by molar-refractivity contribution is 5.77. The van der Waals surface area contributed by atoms with Crippen LogP contribution in [0.5, 0.6) is 5.75 Å². The van der Waals surface area contributed by atoms with Crippen molar-refractivity contribution in [1.29, 1.82) is 0 Å². The molecule has 0 saturated carbocycles. The summed E-state index contributed by atoms with van der Waals surface area (Å²) in [4.78, 5) is 29.2. The summed E-state index contributed by atoms with van der Waals surface area (Å²) in [5.74, 6) is -0.881. The second-order valence-electron chi connectivity index (χ2n) is 9.33. The number of hydrogen-bond acceptors (Lipinski definition) is 4. The molecule has 1 saturated heterocycles. The van der Waals surface area contributed by atoms with Gasteiger partial charge in [-0.1, -0.05) is 30.3 Å². The van der Waals surface area contributed by atoms with Crippen LogP contribution in [0.25, 0.3) is 0 Å². The Hall–Kier alpha value is -3.89. The molecule has 0 bridgehead atoms. The molecule has 1 fully saturated rings. The molecule has 1 aromatic heterocycles. The molecule has 11 heteroatoms. The number of benzene rings is 2. The topological polar surface area (TPSA) is 67.7 Å². The van der Waals surface area contributed by atoms with Crippen molar-refractivity contribution in [2.75, 3.05) is 20.1 Å². The molecule has 0 spiro atoms. The van der Waals surface area contributed by atoms with Crippen LogP contribution >= 0.6 is 0 Å². The third-order valence-electron chi connectivity index (χ3n) is 6.47. The van der Waals surface area contributed by atoms with E-state index in [0.717, 1.165) is 22.5 Å². The Labute approximate surface area is 217 Å². The molecular weight excluding hydrogens is 504 g/mol. The predicted octanol–water partition coefficient (Wildman–Crippen LogP) is 4.39. The zero-order chi connectivity index (χ0) is 27.3. The summed E-state index contributed by atoms with van der Waals surface area (Å²) in [6, 6.07) is 15.9. The van der Waals surface area contributed by atoms with Gasteiger partial charge in [0.15, 0.2) is 5.69 Å². The zero-order valence-corrected chi connectivity index (χ0v) is 20.8. The quantitative estimate of drug-likeness (QED) is 0.404. The van der Waals surface area contributed by atoms with Gasteiger partial charge in [0.1, 0.15) is 24.2 Å². The van der Waals surface area contributed by atoms with Gasteiger partial charge in [-0.3, -0.25) is 14.3 Å². The van der Waals surface area contributed by atoms with Crippen LogP contribution in [-0.4, -0.2) is 57.6 Å². The Morgan fingerprint density at radius 1 is 1.08 bits per heavy atom. The van der Waals surface area contributed by atoms with E-state index >= 15 is 0 Å². The Morgan fingerprint density at radius 2 is 1.79 bits per heavy atom. The summed E-state index contributed by atoms with van der Waals surface area (Å²) < 4.78 is 59.0. The van der Waals surface area contributed by atoms with E-state index < -0.39 is 29.7 Å². The molecule has 1 aliphatic heterocycles. The molecule has 2 amide bonds. The van der Waals surface area contributed by atoms with E-state index in [1.54, 1.807) is 11.9 Å². The summed E-state index contributed by atoms with van der Waals surface area (Å²) in [6.07, 6.45) is -3.40. The number of ether oxygens (including phenoxy) is 1. The summed E-state index contributed by atoms with van der Waals surface area (Å²) in [5.41, 5.74) is -0.0954. The van der Waals surface area contributed by atoms with Crippen molar-refractivity contribution >= 4 is 11.8 Å². The van der Waals surface area contributed by atoms with Crippen molar-refractivity contribution in [2.24, 2.45) is 5.92 Å². The molecule has 0 aliphatic carbocycles. The summed E-state index contributed by atoms with van der Waals surface area (Å²) >= 11 is 0. The summed E-state index contributed by atoms with van der Waals surface area (Å²) in [7, 11) is 1.70. The van der Waals surface area contributed by atoms with Crippen LogP contribution in [0.3, 0.4) is 0 Å². The fraction of sp³-hybridized carbons (Fsp3) is 0.370. The minimum Gasteiger partial charge on any atom is -0.490 e. The minimum absolute atomic E-state index is 0.0962. The van der Waals surface area contributed by atoms with Gasteiger partial charge < -0.3 is 14.5 Å². The Kier molecular flexibility index (Phi) is 8.33. The highest BCUT2D eigenvalue weighted by Gasteiger charge is 2.36. The van der Waals surface area contributed by atoms with Crippen molar-refractivity contribution in [1.82, 2.24) is 19.6 Å². The van der Waals surface area contributed by atoms with E-state index in [9.17, 15) is 27.2 Å². The maximum Gasteiger partial charge on any atom is 0.435 e. The molecule has 1 aliphatic rings. The van der Waals surface area contributed by atoms with E-state index in [2.05, 4.69) is 5.10 Å². The second kappa shape index (κ2) is 11.7. The first-order valence-corrected chi connectivity index (χ1v) is 12.2. The normalized spacial score (nSPS) is 17.8. The molecule has 202 valence electrons. The summed E-state index contributed by atoms with van der Waals surface area (Å²) in [6.45, 7) is 0.541. The lowest BCUT2D eigenvalue weighted by atomic mass is 9.90. The van der Waals surface area contributed by atoms with Crippen LogP contribution in [0.1, 0.15) is 24.1 Å². The first-order valence-electron chi connectivity index (χ1n) is 12.2. The first kappa shape index (κ1) is 27.2. The average molecular weight is 533 g/mol. The number of amides is 2. The molecule has 3 aromatic rings. The average Bonchev–Trinajstić information content (AvgIpc) is 3.36. The number of carbonyl (C=O) groups excluding carboxylic acids is 2. The van der Waals surface area contributed by atoms with E-state index in [1.165, 1.54) is 29.2 Å². The molecule has 2 aromatic carbocycles. The number of halogens is 4. The lowest BCUT2D eigenvalue weighted by Crippen LogP contribution is -2.50. The standard InChI is InChI=1S/C27H28F4N4O3/c1-33(16-19-5-3-2-4-6-19)25(36)15-20-17-34(13-11-23(20)38-22-9-7-21(28)8-10-22)26(37)18-35-14-12-24(32-35)27(29,30)31/h2-10,12,14,20,23H,11,13,15-18H2,1H3/t20-,23-/m0/s1. The van der Waals surface area contributed by atoms with Gasteiger partial charge in [-0.15, -0.1) is 0 Å². The number of nitrogens with zero attached hydrogens (tertiary/aromatic N) is 4. The third-order valence-corrected chi connectivity index (χ3v) is 6.47. The Morgan fingerprint density at radius 3 is 2.45 bits per heavy atom. The van der Waals surface area contributed by atoms with Gasteiger partial charge in [-0.25, -0.2) is 4.39 Å². The molecule has 0 N–H and O–H groups in total. The van der Waals surface area contributed by atoms with Crippen molar-refractivity contribution in [3.05, 3.63) is 83.9 Å². The molecule has 0 radical (unpaired) electrons. The maximum absolute atomic E-state index is 13.3. The lowest BCUT2D eigenvalue weighted by Gasteiger charge is -2.39. The van der Waals surface area contributed by atoms with Gasteiger partial charge in [-0.05, 0) is 35.9 Å². The van der Waals surface area contributed by atoms with E-state index in [1.807, 2.05) is 30.3 Å². The van der Waals surface area contributed by atoms with Crippen LogP contribution in [0.4, 0.5) is 17.6 Å². The van der Waals surface area contributed by atoms with Gasteiger partial charge in [0, 0.05) is 51.6 Å². The van der Waals surface area contributed by atoms with Crippen LogP contribution < -0.4 is 4.74 Å². The fourth-order valence-corrected chi connectivity index (χ4v) is 4.44. The second-order valence-corrected chi connectivity index (χ2v) is 9.33. The molecular formula is C27H28F4N4O3. The van der Waals surface area contributed by atoms with Crippen LogP contribution in [0.15, 0.2) is 66.9 Å². The predicted molar refractivity (Wildman–Crippen MR) is 130 cm³/mol. The van der Waals surface area contributed by atoms with Gasteiger partial charge >= 0.3 is 6.18 Å². The number of hydrogen-bond donors (Lipinski definition) is 0. The zero-order valence-electron chi connectivity index (χ0n) is 20.8. The molecule has 4 rings (SSSR count). The molecule has 38 heavy (non-hydrogen) atoms. The van der Waals surface area contributed by atoms with Crippen molar-refractivity contribution in [3.8, 4) is 5.75 Å². The SMILES string of the molecule is CN(Cc1ccccc1)C(=O)C[C@H]1CN(C(=O)Cn2ccc(C(F)(F)F)n2)CC[C@@H]1Oc1ccc(F)cc1. The number of likely N-dealkylation sites (tertiary alicyclic amines) is 1. The highest BCUT2D eigenvalue weighted by atomic mass is 19.4. The third kappa shape index (κ3) is 7.11. The van der Waals surface area contributed by atoms with Crippen LogP contribution in [-0.2, 0) is 28.9 Å². The number of carbonyl (C=O) groups is 2. The van der Waals surface area contributed by atoms with E-state index in [0.29, 0.717) is 25.3 Å². The number of piperidine rings is 1. The lowest BCUT2D eigenvalue weighted by molar-refractivity contribution is -0.142. The monoisotopic (exact) mass is 532 g/mol. The first-order chi connectivity index (χ1) is 18.1. The molecule has 0 unspecified atom stereocenters. The molecule has 2 heterocycles. The maximum atomic E-state index is 13.3. The van der Waals surface area contributed by atoms with Gasteiger partial charge in [0.25, 0.3) is 0 Å². The Bertz CT molecular complexity index is 1230. The highest BCUT2D eigenvalue weighted by Crippen LogP contribution is 2.28. The van der Waals surface area contributed by atoms with Crippen LogP contribution in [0, 0.1) is 11.7 Å². The number of alkyl halides is 3. The van der Waals surface area contributed by atoms with E-state index in [4.69, 9.17) is 4.74 Å². The van der Waals surface area contributed by atoms with Crippen molar-refractivity contribution < 1.29 is 31.9 Å². The number of rotatable bonds is 8.